The average molecular weight is 309 g/mol. The number of rotatable bonds is 6. The summed E-state index contributed by atoms with van der Waals surface area (Å²) in [6.45, 7) is 1.03. The molecule has 1 N–H and O–H groups in total. The maximum Gasteiger partial charge on any atom is 0.306 e. The van der Waals surface area contributed by atoms with Gasteiger partial charge in [-0.2, -0.15) is 5.10 Å². The summed E-state index contributed by atoms with van der Waals surface area (Å²) >= 11 is 5.97. The van der Waals surface area contributed by atoms with Crippen LogP contribution in [0.5, 0.6) is 0 Å². The number of aromatic nitrogens is 4. The second kappa shape index (κ2) is 5.65. The lowest BCUT2D eigenvalue weighted by atomic mass is 10.4. The van der Waals surface area contributed by atoms with Gasteiger partial charge in [-0.15, -0.1) is 0 Å². The van der Waals surface area contributed by atoms with Crippen molar-refractivity contribution < 1.29 is 4.92 Å². The van der Waals surface area contributed by atoms with Crippen LogP contribution < -0.4 is 5.32 Å². The van der Waals surface area contributed by atoms with Crippen molar-refractivity contribution in [3.05, 3.63) is 39.6 Å². The van der Waals surface area contributed by atoms with E-state index in [9.17, 15) is 10.1 Å². The van der Waals surface area contributed by atoms with Crippen molar-refractivity contribution in [1.29, 1.82) is 0 Å². The summed E-state index contributed by atoms with van der Waals surface area (Å²) in [5.74, 6) is 1.87. The minimum absolute atomic E-state index is 0.0175. The van der Waals surface area contributed by atoms with E-state index in [-0.39, 0.29) is 5.69 Å². The Labute approximate surface area is 125 Å². The van der Waals surface area contributed by atoms with E-state index in [1.807, 2.05) is 0 Å². The largest absolute Gasteiger partial charge is 0.368 e. The highest BCUT2D eigenvalue weighted by Gasteiger charge is 2.27. The van der Waals surface area contributed by atoms with Gasteiger partial charge in [0.15, 0.2) is 0 Å². The number of halogens is 1. The zero-order valence-corrected chi connectivity index (χ0v) is 11.8. The predicted molar refractivity (Wildman–Crippen MR) is 76.4 cm³/mol. The van der Waals surface area contributed by atoms with Gasteiger partial charge in [-0.25, -0.2) is 9.97 Å². The summed E-state index contributed by atoms with van der Waals surface area (Å²) in [4.78, 5) is 18.7. The fourth-order valence-corrected chi connectivity index (χ4v) is 2.11. The molecule has 0 atom stereocenters. The Hall–Kier alpha value is -2.22. The summed E-state index contributed by atoms with van der Waals surface area (Å²) in [5.41, 5.74) is -0.0175. The summed E-state index contributed by atoms with van der Waals surface area (Å²) in [6.07, 6.45) is 4.84. The zero-order chi connectivity index (χ0) is 14.8. The second-order valence-electron chi connectivity index (χ2n) is 4.85. The van der Waals surface area contributed by atoms with Gasteiger partial charge in [-0.1, -0.05) is 11.6 Å². The summed E-state index contributed by atoms with van der Waals surface area (Å²) < 4.78 is 1.51. The van der Waals surface area contributed by atoms with Crippen molar-refractivity contribution in [2.45, 2.75) is 25.3 Å². The van der Waals surface area contributed by atoms with E-state index < -0.39 is 4.92 Å². The third-order valence-electron chi connectivity index (χ3n) is 3.13. The highest BCUT2D eigenvalue weighted by Crippen LogP contribution is 2.38. The molecule has 0 aliphatic heterocycles. The molecule has 0 unspecified atom stereocenters. The highest BCUT2D eigenvalue weighted by atomic mass is 35.5. The van der Waals surface area contributed by atoms with Gasteiger partial charge in [0.25, 0.3) is 0 Å². The van der Waals surface area contributed by atoms with Crippen LogP contribution in [0.25, 0.3) is 0 Å². The monoisotopic (exact) mass is 308 g/mol. The number of anilines is 1. The Morgan fingerprint density at radius 2 is 2.29 bits per heavy atom. The number of hydrogen-bond acceptors (Lipinski definition) is 6. The maximum absolute atomic E-state index is 10.6. The first-order valence-corrected chi connectivity index (χ1v) is 6.95. The quantitative estimate of drug-likeness (QED) is 0.499. The Balaban J connectivity index is 1.58. The number of nitro groups is 1. The van der Waals surface area contributed by atoms with Crippen LogP contribution in [-0.4, -0.2) is 31.2 Å². The number of nitrogens with zero attached hydrogens (tertiary/aromatic N) is 5. The van der Waals surface area contributed by atoms with Gasteiger partial charge in [-0.3, -0.25) is 14.8 Å². The maximum atomic E-state index is 10.6. The predicted octanol–water partition coefficient (Wildman–Crippen LogP) is 2.22. The average Bonchev–Trinajstić information content (AvgIpc) is 3.18. The summed E-state index contributed by atoms with van der Waals surface area (Å²) in [7, 11) is 0. The van der Waals surface area contributed by atoms with Gasteiger partial charge < -0.3 is 5.32 Å². The molecule has 2 heterocycles. The highest BCUT2D eigenvalue weighted by molar-refractivity contribution is 6.29. The lowest BCUT2D eigenvalue weighted by Crippen LogP contribution is -2.12. The smallest absolute Gasteiger partial charge is 0.306 e. The van der Waals surface area contributed by atoms with Crippen molar-refractivity contribution in [3.8, 4) is 0 Å². The fourth-order valence-electron chi connectivity index (χ4n) is 1.92. The molecule has 3 rings (SSSR count). The molecule has 2 aromatic heterocycles. The molecular formula is C12H13ClN6O2. The van der Waals surface area contributed by atoms with Crippen molar-refractivity contribution in [1.82, 2.24) is 19.7 Å². The van der Waals surface area contributed by atoms with Gasteiger partial charge >= 0.3 is 5.69 Å². The topological polar surface area (TPSA) is 98.8 Å². The molecule has 8 nitrogen and oxygen atoms in total. The standard InChI is InChI=1S/C12H13ClN6O2/c13-10-5-11(17-12(16-10)8-1-2-8)14-3-4-18-7-9(6-15-18)19(20)21/h5-8H,1-4H2,(H,14,16,17). The van der Waals surface area contributed by atoms with Crippen molar-refractivity contribution in [2.24, 2.45) is 0 Å². The Morgan fingerprint density at radius 1 is 1.48 bits per heavy atom. The molecule has 0 saturated heterocycles. The third kappa shape index (κ3) is 3.46. The Bertz CT molecular complexity index is 670. The normalized spacial score (nSPS) is 14.1. The minimum atomic E-state index is -0.469. The molecule has 0 spiro atoms. The third-order valence-corrected chi connectivity index (χ3v) is 3.33. The number of nitrogens with one attached hydrogen (secondary N) is 1. The van der Waals surface area contributed by atoms with Crippen LogP contribution >= 0.6 is 11.6 Å². The van der Waals surface area contributed by atoms with E-state index in [1.165, 1.54) is 17.1 Å². The van der Waals surface area contributed by atoms with E-state index in [0.29, 0.717) is 30.0 Å². The van der Waals surface area contributed by atoms with Gasteiger partial charge in [0.05, 0.1) is 11.5 Å². The van der Waals surface area contributed by atoms with Crippen LogP contribution in [0.4, 0.5) is 11.5 Å². The van der Waals surface area contributed by atoms with Crippen LogP contribution in [0, 0.1) is 10.1 Å². The molecule has 0 radical (unpaired) electrons. The van der Waals surface area contributed by atoms with Crippen molar-refractivity contribution in [3.63, 3.8) is 0 Å². The molecule has 0 aromatic carbocycles. The Morgan fingerprint density at radius 3 is 2.95 bits per heavy atom. The first kappa shape index (κ1) is 13.7. The van der Waals surface area contributed by atoms with E-state index in [1.54, 1.807) is 6.07 Å². The molecule has 9 heteroatoms. The first-order valence-electron chi connectivity index (χ1n) is 6.57. The molecule has 1 aliphatic carbocycles. The van der Waals surface area contributed by atoms with Crippen LogP contribution in [0.3, 0.4) is 0 Å². The van der Waals surface area contributed by atoms with Gasteiger partial charge in [0.2, 0.25) is 0 Å². The molecule has 1 aliphatic rings. The summed E-state index contributed by atoms with van der Waals surface area (Å²) in [5, 5.41) is 18.0. The molecule has 2 aromatic rings. The molecule has 0 amide bonds. The van der Waals surface area contributed by atoms with E-state index in [2.05, 4.69) is 20.4 Å². The minimum Gasteiger partial charge on any atom is -0.368 e. The van der Waals surface area contributed by atoms with Crippen LogP contribution in [-0.2, 0) is 6.54 Å². The molecular weight excluding hydrogens is 296 g/mol. The Kier molecular flexibility index (Phi) is 3.70. The SMILES string of the molecule is O=[N+]([O-])c1cnn(CCNc2cc(Cl)nc(C3CC3)n2)c1. The van der Waals surface area contributed by atoms with Crippen LogP contribution in [0.15, 0.2) is 18.5 Å². The van der Waals surface area contributed by atoms with Crippen LogP contribution in [0.1, 0.15) is 24.6 Å². The first-order chi connectivity index (χ1) is 10.1. The molecule has 1 saturated carbocycles. The van der Waals surface area contributed by atoms with Crippen LogP contribution in [0.2, 0.25) is 5.15 Å². The molecule has 0 bridgehead atoms. The molecule has 21 heavy (non-hydrogen) atoms. The van der Waals surface area contributed by atoms with E-state index in [4.69, 9.17) is 11.6 Å². The van der Waals surface area contributed by atoms with E-state index in [0.717, 1.165) is 18.7 Å². The zero-order valence-electron chi connectivity index (χ0n) is 11.1. The van der Waals surface area contributed by atoms with Gasteiger partial charge in [0.1, 0.15) is 29.2 Å². The van der Waals surface area contributed by atoms with E-state index >= 15 is 0 Å². The summed E-state index contributed by atoms with van der Waals surface area (Å²) in [6, 6.07) is 1.67. The second-order valence-corrected chi connectivity index (χ2v) is 5.24. The fraction of sp³-hybridized carbons (Fsp3) is 0.417. The van der Waals surface area contributed by atoms with Crippen molar-refractivity contribution >= 4 is 23.1 Å². The molecule has 1 fully saturated rings. The van der Waals surface area contributed by atoms with Crippen molar-refractivity contribution in [2.75, 3.05) is 11.9 Å². The lowest BCUT2D eigenvalue weighted by Gasteiger charge is -2.07. The number of hydrogen-bond donors (Lipinski definition) is 1. The molecule has 110 valence electrons. The van der Waals surface area contributed by atoms with Gasteiger partial charge in [0, 0.05) is 18.5 Å². The van der Waals surface area contributed by atoms with Gasteiger partial charge in [-0.05, 0) is 12.8 Å². The lowest BCUT2D eigenvalue weighted by molar-refractivity contribution is -0.385.